The standard InChI is InChI=1S/C21H20N4O4/c1-2-25-17-10-5-13(11-16(17)24-20(28)21(25)29)19(27)23-14-6-3-12(4-7-14)18(26)22-15-8-9-15/h3-7,10-11,15H,2,8-9H2,1H3,(H,22,26)(H,23,27)(H,24,28). The summed E-state index contributed by atoms with van der Waals surface area (Å²) in [7, 11) is 0. The molecule has 4 rings (SSSR count). The molecule has 0 bridgehead atoms. The van der Waals surface area contributed by atoms with Gasteiger partial charge in [-0.3, -0.25) is 19.2 Å². The molecular formula is C21H20N4O4. The van der Waals surface area contributed by atoms with Crippen LogP contribution in [0.1, 0.15) is 40.5 Å². The first kappa shape index (κ1) is 18.7. The van der Waals surface area contributed by atoms with Crippen molar-refractivity contribution in [2.75, 3.05) is 5.32 Å². The van der Waals surface area contributed by atoms with Crippen molar-refractivity contribution < 1.29 is 9.59 Å². The Morgan fingerprint density at radius 1 is 1.03 bits per heavy atom. The maximum Gasteiger partial charge on any atom is 0.316 e. The summed E-state index contributed by atoms with van der Waals surface area (Å²) in [6.45, 7) is 2.13. The fourth-order valence-corrected chi connectivity index (χ4v) is 3.14. The van der Waals surface area contributed by atoms with E-state index in [-0.39, 0.29) is 17.9 Å². The Kier molecular flexibility index (Phi) is 4.75. The third-order valence-electron chi connectivity index (χ3n) is 4.87. The van der Waals surface area contributed by atoms with Crippen molar-refractivity contribution in [1.82, 2.24) is 14.9 Å². The highest BCUT2D eigenvalue weighted by Gasteiger charge is 2.23. The second-order valence-corrected chi connectivity index (χ2v) is 7.01. The van der Waals surface area contributed by atoms with E-state index in [1.54, 1.807) is 43.3 Å². The molecule has 8 nitrogen and oxygen atoms in total. The lowest BCUT2D eigenvalue weighted by molar-refractivity contribution is 0.0950. The van der Waals surface area contributed by atoms with Crippen molar-refractivity contribution >= 4 is 28.5 Å². The Bertz CT molecular complexity index is 1220. The van der Waals surface area contributed by atoms with Gasteiger partial charge in [0.1, 0.15) is 0 Å². The van der Waals surface area contributed by atoms with Crippen LogP contribution in [0.4, 0.5) is 5.69 Å². The van der Waals surface area contributed by atoms with Crippen LogP contribution < -0.4 is 21.8 Å². The number of benzene rings is 2. The zero-order valence-corrected chi connectivity index (χ0v) is 15.8. The van der Waals surface area contributed by atoms with Gasteiger partial charge in [0.15, 0.2) is 0 Å². The second-order valence-electron chi connectivity index (χ2n) is 7.01. The lowest BCUT2D eigenvalue weighted by Crippen LogP contribution is -2.36. The third kappa shape index (κ3) is 3.82. The molecule has 148 valence electrons. The Morgan fingerprint density at radius 3 is 2.38 bits per heavy atom. The number of hydrogen-bond acceptors (Lipinski definition) is 4. The predicted molar refractivity (Wildman–Crippen MR) is 109 cm³/mol. The smallest absolute Gasteiger partial charge is 0.316 e. The molecule has 29 heavy (non-hydrogen) atoms. The van der Waals surface area contributed by atoms with Crippen molar-refractivity contribution in [3.63, 3.8) is 0 Å². The van der Waals surface area contributed by atoms with Gasteiger partial charge in [0, 0.05) is 29.4 Å². The number of carbonyl (C=O) groups excluding carboxylic acids is 2. The van der Waals surface area contributed by atoms with Gasteiger partial charge in [-0.25, -0.2) is 0 Å². The monoisotopic (exact) mass is 392 g/mol. The van der Waals surface area contributed by atoms with Crippen LogP contribution in [0.5, 0.6) is 0 Å². The normalized spacial score (nSPS) is 13.3. The summed E-state index contributed by atoms with van der Waals surface area (Å²) in [5.74, 6) is -0.483. The number of nitrogens with zero attached hydrogens (tertiary/aromatic N) is 1. The quantitative estimate of drug-likeness (QED) is 0.575. The first-order chi connectivity index (χ1) is 14.0. The van der Waals surface area contributed by atoms with Crippen LogP contribution in [0.15, 0.2) is 52.1 Å². The molecule has 0 saturated heterocycles. The van der Waals surface area contributed by atoms with E-state index in [0.717, 1.165) is 12.8 Å². The van der Waals surface area contributed by atoms with Crippen LogP contribution in [0.2, 0.25) is 0 Å². The molecule has 1 aliphatic rings. The SMILES string of the molecule is CCn1c(=O)c(=O)[nH]c2cc(C(=O)Nc3ccc(C(=O)NC4CC4)cc3)ccc21. The average Bonchev–Trinajstić information content (AvgIpc) is 3.53. The van der Waals surface area contributed by atoms with Crippen LogP contribution >= 0.6 is 0 Å². The second kappa shape index (κ2) is 7.38. The average molecular weight is 392 g/mol. The fourth-order valence-electron chi connectivity index (χ4n) is 3.14. The number of aromatic amines is 1. The molecule has 0 radical (unpaired) electrons. The van der Waals surface area contributed by atoms with E-state index in [4.69, 9.17) is 0 Å². The van der Waals surface area contributed by atoms with Gasteiger partial charge in [-0.1, -0.05) is 0 Å². The zero-order valence-electron chi connectivity index (χ0n) is 15.8. The molecular weight excluding hydrogens is 372 g/mol. The van der Waals surface area contributed by atoms with Crippen molar-refractivity contribution in [1.29, 1.82) is 0 Å². The number of amides is 2. The van der Waals surface area contributed by atoms with Gasteiger partial charge in [0.25, 0.3) is 11.8 Å². The van der Waals surface area contributed by atoms with Gasteiger partial charge in [0.2, 0.25) is 0 Å². The summed E-state index contributed by atoms with van der Waals surface area (Å²) in [5.41, 5.74) is 1.04. The number of nitrogens with one attached hydrogen (secondary N) is 3. The van der Waals surface area contributed by atoms with Gasteiger partial charge in [-0.2, -0.15) is 0 Å². The Balaban J connectivity index is 1.54. The van der Waals surface area contributed by atoms with E-state index < -0.39 is 11.1 Å². The highest BCUT2D eigenvalue weighted by molar-refractivity contribution is 6.06. The topological polar surface area (TPSA) is 113 Å². The van der Waals surface area contributed by atoms with E-state index in [1.165, 1.54) is 10.6 Å². The Labute approximate surface area is 165 Å². The number of anilines is 1. The summed E-state index contributed by atoms with van der Waals surface area (Å²) in [6, 6.07) is 11.7. The molecule has 3 aromatic rings. The number of H-pyrrole nitrogens is 1. The first-order valence-corrected chi connectivity index (χ1v) is 9.45. The van der Waals surface area contributed by atoms with Crippen LogP contribution in [-0.2, 0) is 6.54 Å². The number of carbonyl (C=O) groups is 2. The number of aromatic nitrogens is 2. The number of rotatable bonds is 5. The third-order valence-corrected chi connectivity index (χ3v) is 4.87. The zero-order chi connectivity index (χ0) is 20.5. The maximum atomic E-state index is 12.6. The van der Waals surface area contributed by atoms with Crippen molar-refractivity contribution in [3.8, 4) is 0 Å². The molecule has 1 saturated carbocycles. The largest absolute Gasteiger partial charge is 0.349 e. The molecule has 3 N–H and O–H groups in total. The minimum absolute atomic E-state index is 0.120. The molecule has 1 fully saturated rings. The molecule has 0 atom stereocenters. The number of aryl methyl sites for hydroxylation is 1. The molecule has 8 heteroatoms. The van der Waals surface area contributed by atoms with Crippen molar-refractivity contribution in [2.24, 2.45) is 0 Å². The van der Waals surface area contributed by atoms with Gasteiger partial charge in [0.05, 0.1) is 11.0 Å². The highest BCUT2D eigenvalue weighted by Crippen LogP contribution is 2.20. The van der Waals surface area contributed by atoms with Crippen molar-refractivity contribution in [3.05, 3.63) is 74.3 Å². The van der Waals surface area contributed by atoms with Gasteiger partial charge in [-0.05, 0) is 62.2 Å². The predicted octanol–water partition coefficient (Wildman–Crippen LogP) is 1.85. The van der Waals surface area contributed by atoms with Gasteiger partial charge < -0.3 is 20.2 Å². The van der Waals surface area contributed by atoms with E-state index in [9.17, 15) is 19.2 Å². The lowest BCUT2D eigenvalue weighted by atomic mass is 10.1. The summed E-state index contributed by atoms with van der Waals surface area (Å²) < 4.78 is 1.36. The minimum Gasteiger partial charge on any atom is -0.349 e. The summed E-state index contributed by atoms with van der Waals surface area (Å²) in [5, 5.41) is 5.68. The number of hydrogen-bond donors (Lipinski definition) is 3. The molecule has 0 aliphatic heterocycles. The van der Waals surface area contributed by atoms with Crippen molar-refractivity contribution in [2.45, 2.75) is 32.4 Å². The summed E-state index contributed by atoms with van der Waals surface area (Å²) in [4.78, 5) is 50.9. The summed E-state index contributed by atoms with van der Waals surface area (Å²) >= 11 is 0. The minimum atomic E-state index is -0.725. The van der Waals surface area contributed by atoms with Gasteiger partial charge in [-0.15, -0.1) is 0 Å². The molecule has 1 heterocycles. The van der Waals surface area contributed by atoms with E-state index in [1.807, 2.05) is 0 Å². The molecule has 1 aromatic heterocycles. The maximum absolute atomic E-state index is 12.6. The lowest BCUT2D eigenvalue weighted by Gasteiger charge is -2.10. The van der Waals surface area contributed by atoms with E-state index >= 15 is 0 Å². The molecule has 0 unspecified atom stereocenters. The highest BCUT2D eigenvalue weighted by atomic mass is 16.2. The first-order valence-electron chi connectivity index (χ1n) is 9.45. The van der Waals surface area contributed by atoms with E-state index in [2.05, 4.69) is 15.6 Å². The molecule has 1 aliphatic carbocycles. The van der Waals surface area contributed by atoms with Crippen LogP contribution in [0.3, 0.4) is 0 Å². The molecule has 2 aromatic carbocycles. The Hall–Kier alpha value is -3.68. The van der Waals surface area contributed by atoms with Crippen LogP contribution in [0, 0.1) is 0 Å². The van der Waals surface area contributed by atoms with Crippen LogP contribution in [-0.4, -0.2) is 27.4 Å². The molecule has 2 amide bonds. The van der Waals surface area contributed by atoms with Gasteiger partial charge >= 0.3 is 11.1 Å². The fraction of sp³-hybridized carbons (Fsp3) is 0.238. The number of fused-ring (bicyclic) bond motifs is 1. The Morgan fingerprint density at radius 2 is 1.72 bits per heavy atom. The van der Waals surface area contributed by atoms with Crippen LogP contribution in [0.25, 0.3) is 11.0 Å². The molecule has 0 spiro atoms. The summed E-state index contributed by atoms with van der Waals surface area (Å²) in [6.07, 6.45) is 2.04. The van der Waals surface area contributed by atoms with E-state index in [0.29, 0.717) is 34.4 Å².